The van der Waals surface area contributed by atoms with Gasteiger partial charge in [0.2, 0.25) is 10.0 Å². The van der Waals surface area contributed by atoms with E-state index in [2.05, 4.69) is 0 Å². The summed E-state index contributed by atoms with van der Waals surface area (Å²) < 4.78 is 27.4. The highest BCUT2D eigenvalue weighted by Crippen LogP contribution is 2.23. The summed E-state index contributed by atoms with van der Waals surface area (Å²) in [6.07, 6.45) is 1.42. The highest BCUT2D eigenvalue weighted by molar-refractivity contribution is 7.89. The molecule has 1 aromatic carbocycles. The van der Waals surface area contributed by atoms with Gasteiger partial charge < -0.3 is 10.3 Å². The normalized spacial score (nSPS) is 11.7. The topological polar surface area (TPSA) is 109 Å². The molecule has 0 spiro atoms. The molecule has 0 radical (unpaired) electrons. The lowest BCUT2D eigenvalue weighted by Gasteiger charge is -2.17. The number of nitrogens with two attached hydrogens (primary N) is 1. The zero-order valence-corrected chi connectivity index (χ0v) is 15.8. The summed E-state index contributed by atoms with van der Waals surface area (Å²) in [4.78, 5) is 11.5. The smallest absolute Gasteiger partial charge is 0.252 e. The van der Waals surface area contributed by atoms with Crippen LogP contribution in [0.3, 0.4) is 0 Å². The van der Waals surface area contributed by atoms with Crippen LogP contribution in [0.4, 0.5) is 0 Å². The van der Waals surface area contributed by atoms with E-state index in [0.717, 1.165) is 4.31 Å². The van der Waals surface area contributed by atoms with E-state index >= 15 is 0 Å². The van der Waals surface area contributed by atoms with Gasteiger partial charge in [-0.1, -0.05) is 23.2 Å². The van der Waals surface area contributed by atoms with Crippen LogP contribution < -0.4 is 11.2 Å². The molecule has 134 valence electrons. The number of sulfonamides is 1. The second-order valence-corrected chi connectivity index (χ2v) is 8.45. The number of halogens is 2. The van der Waals surface area contributed by atoms with Crippen LogP contribution in [0.25, 0.3) is 0 Å². The molecule has 2 aromatic rings. The second kappa shape index (κ2) is 7.17. The summed E-state index contributed by atoms with van der Waals surface area (Å²) in [5.41, 5.74) is 5.37. The van der Waals surface area contributed by atoms with Crippen LogP contribution in [0.5, 0.6) is 0 Å². The molecule has 0 aliphatic carbocycles. The summed E-state index contributed by atoms with van der Waals surface area (Å²) in [6, 6.07) is 5.66. The molecule has 10 heteroatoms. The molecule has 0 saturated carbocycles. The van der Waals surface area contributed by atoms with Crippen LogP contribution in [0.1, 0.15) is 15.9 Å². The van der Waals surface area contributed by atoms with E-state index in [-0.39, 0.29) is 27.5 Å². The average molecular weight is 403 g/mol. The van der Waals surface area contributed by atoms with E-state index in [1.54, 1.807) is 0 Å². The first-order valence-electron chi connectivity index (χ1n) is 6.99. The predicted octanol–water partition coefficient (Wildman–Crippen LogP) is 1.67. The van der Waals surface area contributed by atoms with Crippen molar-refractivity contribution >= 4 is 39.1 Å². The Balaban J connectivity index is 2.65. The van der Waals surface area contributed by atoms with Gasteiger partial charge in [0.25, 0.3) is 5.91 Å². The maximum Gasteiger partial charge on any atom is 0.252 e. The molecule has 3 N–H and O–H groups in total. The molecule has 0 fully saturated rings. The lowest BCUT2D eigenvalue weighted by Crippen LogP contribution is -2.30. The van der Waals surface area contributed by atoms with Crippen molar-refractivity contribution in [3.05, 3.63) is 57.1 Å². The number of primary amides is 1. The predicted molar refractivity (Wildman–Crippen MR) is 95.2 cm³/mol. The standard InChI is InChI=1S/C15H16Cl2N4O3S/c1-20(2)25(23,24)13-4-3-10(16)5-9(13)7-21-8-11(17)6-12(14(21)18)15(19)22/h3-6,8,18H,7H2,1-2H3,(H2,19,22). The van der Waals surface area contributed by atoms with Crippen molar-refractivity contribution in [2.75, 3.05) is 14.1 Å². The van der Waals surface area contributed by atoms with Crippen molar-refractivity contribution in [2.45, 2.75) is 11.4 Å². The molecule has 1 aromatic heterocycles. The Morgan fingerprint density at radius 1 is 1.24 bits per heavy atom. The van der Waals surface area contributed by atoms with Crippen molar-refractivity contribution < 1.29 is 13.2 Å². The number of hydrogen-bond acceptors (Lipinski definition) is 4. The quantitative estimate of drug-likeness (QED) is 0.793. The second-order valence-electron chi connectivity index (χ2n) is 5.45. The number of pyridine rings is 1. The Morgan fingerprint density at radius 3 is 2.44 bits per heavy atom. The van der Waals surface area contributed by atoms with E-state index in [4.69, 9.17) is 34.3 Å². The Labute approximate surface area is 155 Å². The van der Waals surface area contributed by atoms with Gasteiger partial charge in [0.15, 0.2) is 0 Å². The molecule has 0 atom stereocenters. The zero-order valence-electron chi connectivity index (χ0n) is 13.5. The first-order valence-corrected chi connectivity index (χ1v) is 9.19. The van der Waals surface area contributed by atoms with E-state index < -0.39 is 15.9 Å². The van der Waals surface area contributed by atoms with Crippen molar-refractivity contribution in [1.29, 1.82) is 5.41 Å². The van der Waals surface area contributed by atoms with Gasteiger partial charge in [-0.25, -0.2) is 12.7 Å². The Bertz CT molecular complexity index is 1000. The van der Waals surface area contributed by atoms with Crippen LogP contribution in [0.2, 0.25) is 10.0 Å². The van der Waals surface area contributed by atoms with Crippen LogP contribution in [0.15, 0.2) is 35.4 Å². The van der Waals surface area contributed by atoms with E-state index in [1.165, 1.54) is 49.1 Å². The number of rotatable bonds is 5. The minimum atomic E-state index is -3.72. The highest BCUT2D eigenvalue weighted by Gasteiger charge is 2.22. The van der Waals surface area contributed by atoms with Gasteiger partial charge >= 0.3 is 0 Å². The minimum Gasteiger partial charge on any atom is -0.365 e. The molecule has 25 heavy (non-hydrogen) atoms. The van der Waals surface area contributed by atoms with Gasteiger partial charge in [-0.15, -0.1) is 0 Å². The van der Waals surface area contributed by atoms with E-state index in [9.17, 15) is 13.2 Å². The number of benzene rings is 1. The fourth-order valence-electron chi connectivity index (χ4n) is 2.23. The number of aromatic nitrogens is 1. The van der Waals surface area contributed by atoms with Crippen molar-refractivity contribution in [3.63, 3.8) is 0 Å². The number of nitrogens with zero attached hydrogens (tertiary/aromatic N) is 2. The molecule has 0 aliphatic rings. The number of nitrogens with one attached hydrogen (secondary N) is 1. The molecule has 0 bridgehead atoms. The van der Waals surface area contributed by atoms with Gasteiger partial charge in [-0.3, -0.25) is 10.2 Å². The van der Waals surface area contributed by atoms with Crippen molar-refractivity contribution in [1.82, 2.24) is 8.87 Å². The van der Waals surface area contributed by atoms with Crippen LogP contribution in [-0.4, -0.2) is 37.3 Å². The third-order valence-electron chi connectivity index (χ3n) is 3.49. The average Bonchev–Trinajstić information content (AvgIpc) is 2.50. The molecular formula is C15H16Cl2N4O3S. The van der Waals surface area contributed by atoms with Gasteiger partial charge in [0.05, 0.1) is 22.0 Å². The molecule has 0 saturated heterocycles. The number of hydrogen-bond donors (Lipinski definition) is 2. The molecule has 1 amide bonds. The van der Waals surface area contributed by atoms with Crippen LogP contribution >= 0.6 is 23.2 Å². The molecule has 2 rings (SSSR count). The fraction of sp³-hybridized carbons (Fsp3) is 0.200. The van der Waals surface area contributed by atoms with Crippen LogP contribution in [0, 0.1) is 5.41 Å². The Kier molecular flexibility index (Phi) is 5.58. The summed E-state index contributed by atoms with van der Waals surface area (Å²) in [5.74, 6) is -0.798. The highest BCUT2D eigenvalue weighted by atomic mass is 35.5. The summed E-state index contributed by atoms with van der Waals surface area (Å²) in [6.45, 7) is -0.0252. The van der Waals surface area contributed by atoms with Gasteiger partial charge in [-0.05, 0) is 29.8 Å². The number of amides is 1. The first kappa shape index (κ1) is 19.5. The summed E-state index contributed by atoms with van der Waals surface area (Å²) in [5, 5.41) is 8.64. The lowest BCUT2D eigenvalue weighted by molar-refractivity contribution is 0.0997. The fourth-order valence-corrected chi connectivity index (χ4v) is 3.74. The zero-order chi connectivity index (χ0) is 18.9. The number of carbonyl (C=O) groups is 1. The molecule has 0 aliphatic heterocycles. The maximum atomic E-state index is 12.5. The van der Waals surface area contributed by atoms with Crippen molar-refractivity contribution in [2.24, 2.45) is 5.73 Å². The third kappa shape index (κ3) is 4.04. The van der Waals surface area contributed by atoms with E-state index in [1.807, 2.05) is 0 Å². The SMILES string of the molecule is CN(C)S(=O)(=O)c1ccc(Cl)cc1Cn1cc(Cl)cc(C(N)=O)c1=N. The molecule has 7 nitrogen and oxygen atoms in total. The van der Waals surface area contributed by atoms with Gasteiger partial charge in [0.1, 0.15) is 5.49 Å². The molecule has 0 unspecified atom stereocenters. The minimum absolute atomic E-state index is 0.0252. The monoisotopic (exact) mass is 402 g/mol. The van der Waals surface area contributed by atoms with Gasteiger partial charge in [0, 0.05) is 25.3 Å². The first-order chi connectivity index (χ1) is 11.5. The Morgan fingerprint density at radius 2 is 1.88 bits per heavy atom. The van der Waals surface area contributed by atoms with E-state index in [0.29, 0.717) is 10.6 Å². The van der Waals surface area contributed by atoms with Crippen LogP contribution in [-0.2, 0) is 16.6 Å². The number of carbonyl (C=O) groups excluding carboxylic acids is 1. The Hall–Kier alpha value is -1.87. The molecular weight excluding hydrogens is 387 g/mol. The lowest BCUT2D eigenvalue weighted by atomic mass is 10.2. The summed E-state index contributed by atoms with van der Waals surface area (Å²) >= 11 is 12.0. The summed E-state index contributed by atoms with van der Waals surface area (Å²) in [7, 11) is -0.882. The van der Waals surface area contributed by atoms with Crippen molar-refractivity contribution in [3.8, 4) is 0 Å². The largest absolute Gasteiger partial charge is 0.365 e. The molecule has 1 heterocycles. The maximum absolute atomic E-state index is 12.5. The van der Waals surface area contributed by atoms with Gasteiger partial charge in [-0.2, -0.15) is 0 Å². The third-order valence-corrected chi connectivity index (χ3v) is 5.85.